The van der Waals surface area contributed by atoms with E-state index in [4.69, 9.17) is 16.3 Å². The van der Waals surface area contributed by atoms with E-state index < -0.39 is 0 Å². The van der Waals surface area contributed by atoms with Crippen molar-refractivity contribution in [3.05, 3.63) is 0 Å². The van der Waals surface area contributed by atoms with Gasteiger partial charge >= 0.3 is 0 Å². The number of fused-ring (bicyclic) bond motifs is 1. The summed E-state index contributed by atoms with van der Waals surface area (Å²) >= 11 is 8.19. The summed E-state index contributed by atoms with van der Waals surface area (Å²) in [6, 6.07) is 0.557. The topological polar surface area (TPSA) is 110 Å². The number of thioether (sulfide) groups is 1. The fourth-order valence-electron chi connectivity index (χ4n) is 6.56. The number of rotatable bonds is 5. The third-order valence-electron chi connectivity index (χ3n) is 8.52. The number of hydrogen-bond donors (Lipinski definition) is 5. The highest BCUT2D eigenvalue weighted by Crippen LogP contribution is 2.38. The molecule has 0 radical (unpaired) electrons. The van der Waals surface area contributed by atoms with Crippen LogP contribution < -0.4 is 26.6 Å². The maximum Gasteiger partial charge on any atom is 0.254 e. The molecule has 0 spiro atoms. The summed E-state index contributed by atoms with van der Waals surface area (Å²) in [6.07, 6.45) is 1.58. The van der Waals surface area contributed by atoms with E-state index in [2.05, 4.69) is 38.4 Å². The number of likely N-dealkylation sites (N-methyl/N-ethyl adjacent to an activating group) is 1. The maximum absolute atomic E-state index is 13.5. The lowest BCUT2D eigenvalue weighted by molar-refractivity contribution is -0.135. The van der Waals surface area contributed by atoms with Crippen molar-refractivity contribution in [3.63, 3.8) is 0 Å². The number of nitrogens with one attached hydrogen (secondary N) is 5. The molecule has 0 saturated carbocycles. The van der Waals surface area contributed by atoms with E-state index in [1.54, 1.807) is 18.9 Å². The minimum atomic E-state index is -0.217. The predicted molar refractivity (Wildman–Crippen MR) is 137 cm³/mol. The molecule has 5 fully saturated rings. The van der Waals surface area contributed by atoms with Gasteiger partial charge in [0.1, 0.15) is 11.7 Å². The molecule has 5 saturated heterocycles. The lowest BCUT2D eigenvalue weighted by Crippen LogP contribution is -2.57. The third kappa shape index (κ3) is 5.47. The molecule has 5 heterocycles. The second-order valence-electron chi connectivity index (χ2n) is 10.8. The highest BCUT2D eigenvalue weighted by Gasteiger charge is 2.47. The van der Waals surface area contributed by atoms with Gasteiger partial charge in [0, 0.05) is 63.7 Å². The summed E-state index contributed by atoms with van der Waals surface area (Å²) in [4.78, 5) is 30.5. The Morgan fingerprint density at radius 3 is 2.66 bits per heavy atom. The fourth-order valence-corrected chi connectivity index (χ4v) is 8.26. The van der Waals surface area contributed by atoms with Gasteiger partial charge in [-0.2, -0.15) is 0 Å². The first-order chi connectivity index (χ1) is 16.8. The number of nitrogens with zero attached hydrogens (tertiary/aromatic N) is 2. The molecular formula is C23H40ClN7O3S. The summed E-state index contributed by atoms with van der Waals surface area (Å²) in [7, 11) is 3.73. The van der Waals surface area contributed by atoms with Crippen molar-refractivity contribution in [2.75, 3.05) is 53.4 Å². The molecule has 0 aliphatic carbocycles. The first-order valence-electron chi connectivity index (χ1n) is 12.9. The molecule has 10 nitrogen and oxygen atoms in total. The summed E-state index contributed by atoms with van der Waals surface area (Å²) in [5.41, 5.74) is -0.217. The van der Waals surface area contributed by atoms with E-state index in [0.717, 1.165) is 25.9 Å². The third-order valence-corrected chi connectivity index (χ3v) is 10.2. The summed E-state index contributed by atoms with van der Waals surface area (Å²) in [6.45, 7) is 6.70. The number of methoxy groups -OCH3 is 1. The Hall–Kier alpha value is -0.660. The number of ether oxygens (including phenoxy) is 1. The van der Waals surface area contributed by atoms with E-state index in [9.17, 15) is 9.59 Å². The monoisotopic (exact) mass is 529 g/mol. The van der Waals surface area contributed by atoms with E-state index >= 15 is 0 Å². The van der Waals surface area contributed by atoms with E-state index in [1.807, 2.05) is 11.9 Å². The lowest BCUT2D eigenvalue weighted by Gasteiger charge is -2.45. The Morgan fingerprint density at radius 1 is 1.11 bits per heavy atom. The van der Waals surface area contributed by atoms with Crippen molar-refractivity contribution >= 4 is 35.2 Å². The number of likely N-dealkylation sites (tertiary alicyclic amines) is 1. The molecule has 0 aromatic carbocycles. The Labute approximate surface area is 217 Å². The Morgan fingerprint density at radius 2 is 1.94 bits per heavy atom. The van der Waals surface area contributed by atoms with Crippen LogP contribution in [0.2, 0.25) is 0 Å². The van der Waals surface area contributed by atoms with Gasteiger partial charge in [-0.25, -0.2) is 0 Å². The SMILES string of the molecule is COC1CNC(Cl)CC1C1CC(C)NCC1C(=O)NC1NC2CN(C(=O)C3NCCN3C)CC2S1. The van der Waals surface area contributed by atoms with Crippen molar-refractivity contribution in [1.82, 2.24) is 36.4 Å². The molecule has 2 amide bonds. The number of carbonyl (C=O) groups is 2. The maximum atomic E-state index is 13.5. The number of piperidine rings is 2. The van der Waals surface area contributed by atoms with Crippen molar-refractivity contribution in [3.8, 4) is 0 Å². The molecule has 0 bridgehead atoms. The number of alkyl halides is 1. The van der Waals surface area contributed by atoms with Gasteiger partial charge in [0.05, 0.1) is 17.5 Å². The molecule has 35 heavy (non-hydrogen) atoms. The normalized spacial score (nSPS) is 44.4. The molecule has 5 rings (SSSR count). The highest BCUT2D eigenvalue weighted by atomic mass is 35.5. The number of halogens is 1. The molecule has 5 aliphatic rings. The van der Waals surface area contributed by atoms with Crippen LogP contribution in [0.1, 0.15) is 19.8 Å². The van der Waals surface area contributed by atoms with Crippen LogP contribution in [0.3, 0.4) is 0 Å². The van der Waals surface area contributed by atoms with Gasteiger partial charge in [-0.1, -0.05) is 0 Å². The molecule has 198 valence electrons. The van der Waals surface area contributed by atoms with Crippen LogP contribution in [-0.4, -0.2) is 116 Å². The number of amides is 2. The van der Waals surface area contributed by atoms with Crippen LogP contribution in [0.15, 0.2) is 0 Å². The minimum absolute atomic E-state index is 0.0610. The van der Waals surface area contributed by atoms with Gasteiger partial charge in [0.2, 0.25) is 5.91 Å². The molecule has 10 unspecified atom stereocenters. The second-order valence-corrected chi connectivity index (χ2v) is 12.7. The number of carbonyl (C=O) groups excluding carboxylic acids is 2. The number of hydrogen-bond acceptors (Lipinski definition) is 9. The molecule has 0 aromatic rings. The van der Waals surface area contributed by atoms with E-state index in [0.29, 0.717) is 32.2 Å². The van der Waals surface area contributed by atoms with Gasteiger partial charge < -0.3 is 20.3 Å². The van der Waals surface area contributed by atoms with E-state index in [-0.39, 0.29) is 64.1 Å². The first kappa shape index (κ1) is 26.0. The minimum Gasteiger partial charge on any atom is -0.380 e. The van der Waals surface area contributed by atoms with Crippen LogP contribution in [-0.2, 0) is 14.3 Å². The molecule has 5 aliphatic heterocycles. The Balaban J connectivity index is 1.17. The quantitative estimate of drug-likeness (QED) is 0.225. The zero-order valence-corrected chi connectivity index (χ0v) is 22.4. The molecular weight excluding hydrogens is 490 g/mol. The van der Waals surface area contributed by atoms with Crippen molar-refractivity contribution < 1.29 is 14.3 Å². The van der Waals surface area contributed by atoms with Gasteiger partial charge in [-0.3, -0.25) is 30.4 Å². The zero-order chi connectivity index (χ0) is 24.7. The van der Waals surface area contributed by atoms with Crippen molar-refractivity contribution in [2.45, 2.75) is 60.4 Å². The zero-order valence-electron chi connectivity index (χ0n) is 20.8. The van der Waals surface area contributed by atoms with Gasteiger partial charge in [-0.05, 0) is 38.6 Å². The highest BCUT2D eigenvalue weighted by molar-refractivity contribution is 8.00. The average molecular weight is 530 g/mol. The van der Waals surface area contributed by atoms with Gasteiger partial charge in [0.25, 0.3) is 5.91 Å². The summed E-state index contributed by atoms with van der Waals surface area (Å²) in [5, 5.41) is 17.2. The molecule has 12 heteroatoms. The smallest absolute Gasteiger partial charge is 0.254 e. The molecule has 10 atom stereocenters. The average Bonchev–Trinajstić information content (AvgIpc) is 3.53. The first-order valence-corrected chi connectivity index (χ1v) is 14.3. The van der Waals surface area contributed by atoms with Gasteiger partial charge in [-0.15, -0.1) is 23.4 Å². The summed E-state index contributed by atoms with van der Waals surface area (Å²) < 4.78 is 5.80. The van der Waals surface area contributed by atoms with Crippen LogP contribution in [0.4, 0.5) is 0 Å². The van der Waals surface area contributed by atoms with Gasteiger partial charge in [0.15, 0.2) is 0 Å². The standard InChI is InChI=1S/C23H40ClN7O3S/c1-12-6-13(14-7-19(24)27-9-17(14)34-3)15(8-26-12)21(32)29-23-28-16-10-31(11-18(16)35-23)22(33)20-25-4-5-30(20)2/h12-20,23,25-28H,4-11H2,1-3H3,(H,29,32). The molecule has 0 aromatic heterocycles. The van der Waals surface area contributed by atoms with Crippen LogP contribution in [0.25, 0.3) is 0 Å². The van der Waals surface area contributed by atoms with Crippen LogP contribution >= 0.6 is 23.4 Å². The van der Waals surface area contributed by atoms with Crippen molar-refractivity contribution in [2.24, 2.45) is 17.8 Å². The van der Waals surface area contributed by atoms with E-state index in [1.165, 1.54) is 0 Å². The van der Waals surface area contributed by atoms with Crippen molar-refractivity contribution in [1.29, 1.82) is 0 Å². The lowest BCUT2D eigenvalue weighted by atomic mass is 9.70. The summed E-state index contributed by atoms with van der Waals surface area (Å²) in [5.74, 6) is 0.577. The molecule has 5 N–H and O–H groups in total. The van der Waals surface area contributed by atoms with Crippen LogP contribution in [0, 0.1) is 17.8 Å². The second kappa shape index (κ2) is 11.0. The Kier molecular flexibility index (Phi) is 8.15. The Bertz CT molecular complexity index is 782. The fraction of sp³-hybridized carbons (Fsp3) is 0.913. The van der Waals surface area contributed by atoms with Crippen LogP contribution in [0.5, 0.6) is 0 Å². The predicted octanol–water partition coefficient (Wildman–Crippen LogP) is -1.03. The largest absolute Gasteiger partial charge is 0.380 e.